The van der Waals surface area contributed by atoms with Crippen molar-refractivity contribution in [3.8, 4) is 0 Å². The molecule has 0 heteroatoms. The summed E-state index contributed by atoms with van der Waals surface area (Å²) in [7, 11) is 0. The maximum absolute atomic E-state index is 2.32. The zero-order valence-electron chi connectivity index (χ0n) is 13.3. The molecule has 0 atom stereocenters. The molecular weight excluding hydrogens is 252 g/mol. The van der Waals surface area contributed by atoms with Crippen molar-refractivity contribution in [1.82, 2.24) is 0 Å². The third-order valence-electron chi connectivity index (χ3n) is 4.10. The highest BCUT2D eigenvalue weighted by Crippen LogP contribution is 2.35. The predicted octanol–water partition coefficient (Wildman–Crippen LogP) is 6.16. The number of rotatable bonds is 1. The van der Waals surface area contributed by atoms with E-state index in [1.54, 1.807) is 0 Å². The second-order valence-electron chi connectivity index (χ2n) is 6.88. The third-order valence-corrected chi connectivity index (χ3v) is 4.10. The normalized spacial score (nSPS) is 17.2. The summed E-state index contributed by atoms with van der Waals surface area (Å²) in [4.78, 5) is 0. The van der Waals surface area contributed by atoms with Crippen molar-refractivity contribution >= 4 is 16.8 Å². The molecule has 0 amide bonds. The van der Waals surface area contributed by atoms with Gasteiger partial charge in [0, 0.05) is 0 Å². The van der Waals surface area contributed by atoms with Crippen molar-refractivity contribution < 1.29 is 0 Å². The minimum absolute atomic E-state index is 0.209. The van der Waals surface area contributed by atoms with Crippen LogP contribution in [0.4, 0.5) is 0 Å². The zero-order chi connectivity index (χ0) is 15.0. The summed E-state index contributed by atoms with van der Waals surface area (Å²) < 4.78 is 0. The lowest BCUT2D eigenvalue weighted by atomic mass is 9.87. The van der Waals surface area contributed by atoms with Gasteiger partial charge in [0.05, 0.1) is 0 Å². The van der Waals surface area contributed by atoms with Gasteiger partial charge in [-0.3, -0.25) is 0 Å². The van der Waals surface area contributed by atoms with Crippen molar-refractivity contribution in [3.05, 3.63) is 76.9 Å². The Morgan fingerprint density at radius 1 is 0.857 bits per heavy atom. The van der Waals surface area contributed by atoms with E-state index >= 15 is 0 Å². The molecule has 106 valence electrons. The van der Waals surface area contributed by atoms with Crippen LogP contribution in [0.25, 0.3) is 16.8 Å². The predicted molar refractivity (Wildman–Crippen MR) is 93.2 cm³/mol. The van der Waals surface area contributed by atoms with Gasteiger partial charge in [0.25, 0.3) is 0 Å². The molecule has 21 heavy (non-hydrogen) atoms. The molecule has 0 fully saturated rings. The Kier molecular flexibility index (Phi) is 3.33. The number of benzene rings is 2. The van der Waals surface area contributed by atoms with Crippen molar-refractivity contribution in [2.75, 3.05) is 0 Å². The highest BCUT2D eigenvalue weighted by atomic mass is 14.2. The molecule has 0 N–H and O–H groups in total. The molecule has 0 aliphatic heterocycles. The van der Waals surface area contributed by atoms with Crippen molar-refractivity contribution in [1.29, 1.82) is 0 Å². The maximum atomic E-state index is 2.32. The maximum Gasteiger partial charge on any atom is -0.0132 e. The zero-order valence-corrected chi connectivity index (χ0v) is 13.3. The summed E-state index contributed by atoms with van der Waals surface area (Å²) >= 11 is 0. The molecule has 0 saturated carbocycles. The van der Waals surface area contributed by atoms with Gasteiger partial charge >= 0.3 is 0 Å². The standard InChI is InChI=1S/C21H22/c1-15-11-20(21(2,3)4)14-19(15)13-16-9-10-17-7-5-6-8-18(17)12-16/h5-14H,1-4H3/b19-13+. The number of hydrogen-bond acceptors (Lipinski definition) is 0. The summed E-state index contributed by atoms with van der Waals surface area (Å²) in [5, 5.41) is 2.59. The van der Waals surface area contributed by atoms with E-state index in [4.69, 9.17) is 0 Å². The molecule has 0 unspecified atom stereocenters. The van der Waals surface area contributed by atoms with Gasteiger partial charge in [0.2, 0.25) is 0 Å². The average molecular weight is 274 g/mol. The molecule has 2 aromatic carbocycles. The van der Waals surface area contributed by atoms with Gasteiger partial charge in [0.1, 0.15) is 0 Å². The van der Waals surface area contributed by atoms with Gasteiger partial charge in [0.15, 0.2) is 0 Å². The summed E-state index contributed by atoms with van der Waals surface area (Å²) in [6.07, 6.45) is 6.93. The van der Waals surface area contributed by atoms with Crippen LogP contribution in [-0.4, -0.2) is 0 Å². The van der Waals surface area contributed by atoms with Gasteiger partial charge in [-0.05, 0) is 57.5 Å². The van der Waals surface area contributed by atoms with Crippen LogP contribution < -0.4 is 0 Å². The Balaban J connectivity index is 2.01. The number of hydrogen-bond donors (Lipinski definition) is 0. The van der Waals surface area contributed by atoms with E-state index < -0.39 is 0 Å². The van der Waals surface area contributed by atoms with E-state index in [1.807, 2.05) is 0 Å². The lowest BCUT2D eigenvalue weighted by Gasteiger charge is -2.18. The second kappa shape index (κ2) is 5.04. The SMILES string of the molecule is CC1=CC(C(C)(C)C)=C/C1=C\c1ccc2ccccc2c1. The minimum Gasteiger partial charge on any atom is -0.0616 e. The van der Waals surface area contributed by atoms with E-state index in [0.29, 0.717) is 0 Å². The first kappa shape index (κ1) is 13.9. The van der Waals surface area contributed by atoms with Crippen LogP contribution in [0.15, 0.2) is 71.3 Å². The first-order chi connectivity index (χ1) is 9.93. The molecule has 0 saturated heterocycles. The molecule has 0 bridgehead atoms. The first-order valence-electron chi connectivity index (χ1n) is 7.55. The molecule has 0 radical (unpaired) electrons. The Labute approximate surface area is 127 Å². The van der Waals surface area contributed by atoms with E-state index in [2.05, 4.69) is 88.4 Å². The molecule has 0 aromatic heterocycles. The number of allylic oxidation sites excluding steroid dienone is 5. The topological polar surface area (TPSA) is 0 Å². The van der Waals surface area contributed by atoms with E-state index in [-0.39, 0.29) is 5.41 Å². The van der Waals surface area contributed by atoms with Crippen LogP contribution in [0, 0.1) is 5.41 Å². The van der Waals surface area contributed by atoms with Gasteiger partial charge in [-0.25, -0.2) is 0 Å². The van der Waals surface area contributed by atoms with Gasteiger partial charge in [-0.1, -0.05) is 69.3 Å². The molecular formula is C21H22. The highest BCUT2D eigenvalue weighted by Gasteiger charge is 2.20. The van der Waals surface area contributed by atoms with E-state index in [9.17, 15) is 0 Å². The fourth-order valence-corrected chi connectivity index (χ4v) is 2.71. The van der Waals surface area contributed by atoms with Crippen LogP contribution in [0.1, 0.15) is 33.3 Å². The first-order valence-corrected chi connectivity index (χ1v) is 7.55. The summed E-state index contributed by atoms with van der Waals surface area (Å²) in [6, 6.07) is 15.2. The minimum atomic E-state index is 0.209. The lowest BCUT2D eigenvalue weighted by Crippen LogP contribution is -2.05. The van der Waals surface area contributed by atoms with Gasteiger partial charge < -0.3 is 0 Å². The fourth-order valence-electron chi connectivity index (χ4n) is 2.71. The summed E-state index contributed by atoms with van der Waals surface area (Å²) in [6.45, 7) is 8.99. The monoisotopic (exact) mass is 274 g/mol. The average Bonchev–Trinajstić information content (AvgIpc) is 2.80. The Morgan fingerprint density at radius 3 is 2.24 bits per heavy atom. The third kappa shape index (κ3) is 2.85. The molecule has 3 rings (SSSR count). The Hall–Kier alpha value is -2.08. The van der Waals surface area contributed by atoms with Crippen LogP contribution in [0.2, 0.25) is 0 Å². The number of fused-ring (bicyclic) bond motifs is 1. The van der Waals surface area contributed by atoms with Gasteiger partial charge in [-0.2, -0.15) is 0 Å². The summed E-state index contributed by atoms with van der Waals surface area (Å²) in [5.41, 5.74) is 5.57. The summed E-state index contributed by atoms with van der Waals surface area (Å²) in [5.74, 6) is 0. The molecule has 0 spiro atoms. The van der Waals surface area contributed by atoms with Crippen molar-refractivity contribution in [2.24, 2.45) is 5.41 Å². The molecule has 2 aromatic rings. The Morgan fingerprint density at radius 2 is 1.57 bits per heavy atom. The Bertz CT molecular complexity index is 777. The molecule has 1 aliphatic carbocycles. The second-order valence-corrected chi connectivity index (χ2v) is 6.88. The van der Waals surface area contributed by atoms with Crippen molar-refractivity contribution in [3.63, 3.8) is 0 Å². The molecule has 0 nitrogen and oxygen atoms in total. The van der Waals surface area contributed by atoms with Crippen LogP contribution in [0.3, 0.4) is 0 Å². The highest BCUT2D eigenvalue weighted by molar-refractivity contribution is 5.85. The fraction of sp³-hybridized carbons (Fsp3) is 0.238. The quantitative estimate of drug-likeness (QED) is 0.584. The molecule has 1 aliphatic rings. The largest absolute Gasteiger partial charge is 0.0616 e. The smallest absolute Gasteiger partial charge is 0.0132 e. The molecule has 0 heterocycles. The van der Waals surface area contributed by atoms with Crippen molar-refractivity contribution in [2.45, 2.75) is 27.7 Å². The lowest BCUT2D eigenvalue weighted by molar-refractivity contribution is 0.518. The van der Waals surface area contributed by atoms with E-state index in [1.165, 1.54) is 33.1 Å². The van der Waals surface area contributed by atoms with Crippen LogP contribution >= 0.6 is 0 Å². The van der Waals surface area contributed by atoms with Gasteiger partial charge in [-0.15, -0.1) is 0 Å². The van der Waals surface area contributed by atoms with Crippen LogP contribution in [0.5, 0.6) is 0 Å². The van der Waals surface area contributed by atoms with Crippen LogP contribution in [-0.2, 0) is 0 Å². The van der Waals surface area contributed by atoms with E-state index in [0.717, 1.165) is 0 Å².